The molecule has 0 unspecified atom stereocenters. The van der Waals surface area contributed by atoms with Crippen molar-refractivity contribution < 1.29 is 69.0 Å². The lowest BCUT2D eigenvalue weighted by atomic mass is 9.89. The van der Waals surface area contributed by atoms with Crippen molar-refractivity contribution in [1.29, 1.82) is 0 Å². The summed E-state index contributed by atoms with van der Waals surface area (Å²) < 4.78 is 28.3. The molecular weight excluding hydrogens is 588 g/mol. The molecule has 8 N–H and O–H groups in total. The Bertz CT molecular complexity index is 1570. The number of ether oxygens (including phenoxy) is 4. The quantitative estimate of drug-likeness (QED) is 0.162. The number of fused-ring (bicyclic) bond motifs is 1. The molecule has 3 aromatic rings. The molecule has 15 nitrogen and oxygen atoms in total. The number of phenols is 3. The third-order valence-electron chi connectivity index (χ3n) is 7.67. The Labute approximate surface area is 248 Å². The van der Waals surface area contributed by atoms with Crippen molar-refractivity contribution in [1.82, 2.24) is 0 Å². The van der Waals surface area contributed by atoms with Gasteiger partial charge in [0.1, 0.15) is 83.8 Å². The van der Waals surface area contributed by atoms with Gasteiger partial charge in [0.25, 0.3) is 0 Å². The van der Waals surface area contributed by atoms with E-state index in [9.17, 15) is 50.4 Å². The van der Waals surface area contributed by atoms with Gasteiger partial charge in [-0.3, -0.25) is 9.59 Å². The fourth-order valence-corrected chi connectivity index (χ4v) is 5.31. The van der Waals surface area contributed by atoms with Gasteiger partial charge < -0.3 is 64.2 Å². The SMILES string of the molecule is CC(=O)OC[C@H]1O[C@@H](c2c(O)cc(O)c3c(=O)cc(-c4ccc(O)cc4)oc23)[C@H](O[C@@H]2O[C@@H](C)[C@H](O)[C@@H](O)[C@H]2O)[C@@H](O)[C@@H]1O. The van der Waals surface area contributed by atoms with Crippen LogP contribution in [0.25, 0.3) is 22.3 Å². The summed E-state index contributed by atoms with van der Waals surface area (Å²) in [5.74, 6) is -2.18. The number of carbonyl (C=O) groups excluding carboxylic acids is 1. The normalized spacial score (nSPS) is 32.4. The first-order valence-electron chi connectivity index (χ1n) is 13.6. The molecule has 0 spiro atoms. The number of phenolic OH excluding ortho intramolecular Hbond substituents is 3. The Morgan fingerprint density at radius 1 is 0.864 bits per heavy atom. The highest BCUT2D eigenvalue weighted by molar-refractivity contribution is 5.89. The maximum atomic E-state index is 13.2. The number of rotatable bonds is 6. The average molecular weight is 621 g/mol. The lowest BCUT2D eigenvalue weighted by Gasteiger charge is -2.46. The van der Waals surface area contributed by atoms with Gasteiger partial charge in [0.05, 0.1) is 11.7 Å². The highest BCUT2D eigenvalue weighted by atomic mass is 16.7. The molecule has 0 radical (unpaired) electrons. The molecule has 2 aliphatic heterocycles. The van der Waals surface area contributed by atoms with Crippen LogP contribution in [0.15, 0.2) is 45.6 Å². The second-order valence-electron chi connectivity index (χ2n) is 10.7. The van der Waals surface area contributed by atoms with Crippen molar-refractivity contribution in [3.05, 3.63) is 52.2 Å². The zero-order valence-corrected chi connectivity index (χ0v) is 23.4. The van der Waals surface area contributed by atoms with Gasteiger partial charge in [-0.1, -0.05) is 0 Å². The smallest absolute Gasteiger partial charge is 0.302 e. The van der Waals surface area contributed by atoms with Gasteiger partial charge in [-0.15, -0.1) is 0 Å². The standard InChI is InChI=1S/C29H32O15/c1-10-21(35)23(37)25(39)29(41-10)44-28-24(38)22(36)18(9-40-11(2)30)43-27(28)20-15(33)7-14(32)19-16(34)8-17(42-26(19)20)12-3-5-13(31)6-4-12/h3-8,10,18,21-25,27-29,31-33,35-39H,9H2,1-2H3/t10-,18+,21-,22+,23+,24-,25+,27-,28+,29-/m0/s1. The van der Waals surface area contributed by atoms with E-state index in [1.165, 1.54) is 31.2 Å². The third kappa shape index (κ3) is 5.83. The average Bonchev–Trinajstić information content (AvgIpc) is 2.97. The lowest BCUT2D eigenvalue weighted by Crippen LogP contribution is -2.62. The second kappa shape index (κ2) is 12.3. The van der Waals surface area contributed by atoms with Gasteiger partial charge in [-0.25, -0.2) is 0 Å². The number of benzene rings is 2. The van der Waals surface area contributed by atoms with Crippen LogP contribution in [0.2, 0.25) is 0 Å². The van der Waals surface area contributed by atoms with Crippen LogP contribution in [-0.4, -0.2) is 109 Å². The van der Waals surface area contributed by atoms with Crippen LogP contribution in [-0.2, 0) is 23.7 Å². The molecule has 2 aliphatic rings. The molecule has 0 aliphatic carbocycles. The Kier molecular flexibility index (Phi) is 8.84. The first-order chi connectivity index (χ1) is 20.8. The Morgan fingerprint density at radius 2 is 1.55 bits per heavy atom. The van der Waals surface area contributed by atoms with E-state index < -0.39 is 96.3 Å². The van der Waals surface area contributed by atoms with Crippen LogP contribution in [0.1, 0.15) is 25.5 Å². The molecule has 0 amide bonds. The summed E-state index contributed by atoms with van der Waals surface area (Å²) in [4.78, 5) is 24.7. The van der Waals surface area contributed by atoms with Crippen molar-refractivity contribution in [2.24, 2.45) is 0 Å². The monoisotopic (exact) mass is 620 g/mol. The van der Waals surface area contributed by atoms with Crippen LogP contribution in [0, 0.1) is 0 Å². The van der Waals surface area contributed by atoms with E-state index in [0.29, 0.717) is 5.56 Å². The predicted octanol–water partition coefficient (Wildman–Crippen LogP) is -0.486. The fraction of sp³-hybridized carbons (Fsp3) is 0.448. The number of aliphatic hydroxyl groups excluding tert-OH is 5. The van der Waals surface area contributed by atoms with Crippen molar-refractivity contribution in [3.63, 3.8) is 0 Å². The van der Waals surface area contributed by atoms with E-state index in [-0.39, 0.29) is 22.5 Å². The van der Waals surface area contributed by atoms with E-state index in [4.69, 9.17) is 23.4 Å². The molecular formula is C29H32O15. The molecule has 15 heteroatoms. The highest BCUT2D eigenvalue weighted by Crippen LogP contribution is 2.45. The number of aliphatic hydroxyl groups is 5. The van der Waals surface area contributed by atoms with Crippen LogP contribution < -0.4 is 5.43 Å². The minimum atomic E-state index is -1.89. The summed E-state index contributed by atoms with van der Waals surface area (Å²) in [6.07, 6.45) is -16.3. The van der Waals surface area contributed by atoms with Gasteiger partial charge in [-0.05, 0) is 31.2 Å². The molecule has 0 saturated carbocycles. The third-order valence-corrected chi connectivity index (χ3v) is 7.67. The molecule has 238 valence electrons. The summed E-state index contributed by atoms with van der Waals surface area (Å²) in [7, 11) is 0. The molecule has 2 aromatic carbocycles. The van der Waals surface area contributed by atoms with E-state index >= 15 is 0 Å². The number of esters is 1. The van der Waals surface area contributed by atoms with Crippen molar-refractivity contribution >= 4 is 16.9 Å². The summed E-state index contributed by atoms with van der Waals surface area (Å²) in [6.45, 7) is 1.95. The van der Waals surface area contributed by atoms with Crippen LogP contribution >= 0.6 is 0 Å². The van der Waals surface area contributed by atoms with Gasteiger partial charge in [0.2, 0.25) is 0 Å². The summed E-state index contributed by atoms with van der Waals surface area (Å²) in [6, 6.07) is 7.49. The van der Waals surface area contributed by atoms with Gasteiger partial charge >= 0.3 is 5.97 Å². The van der Waals surface area contributed by atoms with Gasteiger partial charge in [0, 0.05) is 24.6 Å². The summed E-state index contributed by atoms with van der Waals surface area (Å²) >= 11 is 0. The summed E-state index contributed by atoms with van der Waals surface area (Å²) in [5.41, 5.74) is -1.15. The van der Waals surface area contributed by atoms with Crippen molar-refractivity contribution in [2.45, 2.75) is 75.1 Å². The highest BCUT2D eigenvalue weighted by Gasteiger charge is 2.51. The molecule has 2 saturated heterocycles. The van der Waals surface area contributed by atoms with Crippen LogP contribution in [0.4, 0.5) is 0 Å². The number of carbonyl (C=O) groups is 1. The first-order valence-corrected chi connectivity index (χ1v) is 13.6. The van der Waals surface area contributed by atoms with Gasteiger partial charge in [-0.2, -0.15) is 0 Å². The Hall–Kier alpha value is -3.80. The maximum absolute atomic E-state index is 13.2. The maximum Gasteiger partial charge on any atom is 0.302 e. The van der Waals surface area contributed by atoms with Crippen LogP contribution in [0.5, 0.6) is 17.2 Å². The van der Waals surface area contributed by atoms with E-state index in [1.54, 1.807) is 0 Å². The summed E-state index contributed by atoms with van der Waals surface area (Å²) in [5, 5.41) is 84.1. The van der Waals surface area contributed by atoms with E-state index in [1.807, 2.05) is 0 Å². The Balaban J connectivity index is 1.66. The largest absolute Gasteiger partial charge is 0.508 e. The van der Waals surface area contributed by atoms with E-state index in [0.717, 1.165) is 19.1 Å². The first kappa shape index (κ1) is 31.6. The predicted molar refractivity (Wildman–Crippen MR) is 146 cm³/mol. The molecule has 2 fully saturated rings. The van der Waals surface area contributed by atoms with Crippen LogP contribution in [0.3, 0.4) is 0 Å². The molecule has 1 aromatic heterocycles. The Morgan fingerprint density at radius 3 is 2.20 bits per heavy atom. The second-order valence-corrected chi connectivity index (χ2v) is 10.7. The van der Waals surface area contributed by atoms with Crippen molar-refractivity contribution in [3.8, 4) is 28.6 Å². The minimum absolute atomic E-state index is 0.0453. The molecule has 44 heavy (non-hydrogen) atoms. The minimum Gasteiger partial charge on any atom is -0.508 e. The van der Waals surface area contributed by atoms with E-state index in [2.05, 4.69) is 0 Å². The number of hydrogen-bond acceptors (Lipinski definition) is 15. The fourth-order valence-electron chi connectivity index (χ4n) is 5.31. The van der Waals surface area contributed by atoms with Crippen molar-refractivity contribution in [2.75, 3.05) is 6.61 Å². The lowest BCUT2D eigenvalue weighted by molar-refractivity contribution is -0.338. The number of hydrogen-bond donors (Lipinski definition) is 8. The number of aromatic hydroxyl groups is 3. The molecule has 0 bridgehead atoms. The molecule has 5 rings (SSSR count). The topological polar surface area (TPSA) is 246 Å². The zero-order valence-electron chi connectivity index (χ0n) is 23.4. The zero-order chi connectivity index (χ0) is 32.0. The molecule has 10 atom stereocenters. The van der Waals surface area contributed by atoms with Gasteiger partial charge in [0.15, 0.2) is 17.3 Å². The molecule has 3 heterocycles.